The Bertz CT molecular complexity index is 346. The maximum absolute atomic E-state index is 4.60. The van der Waals surface area contributed by atoms with E-state index in [0.717, 1.165) is 37.6 Å². The summed E-state index contributed by atoms with van der Waals surface area (Å²) in [6, 6.07) is 0.483. The van der Waals surface area contributed by atoms with Gasteiger partial charge in [0.05, 0.1) is 6.54 Å². The van der Waals surface area contributed by atoms with Crippen LogP contribution >= 0.6 is 0 Å². The standard InChI is InChI=1S/C14H28N4/c1-6-11(5)12(15-9-4)10-18-14(8-3)16-13(7-2)17-18/h11-12,15H,6-10H2,1-5H3. The Morgan fingerprint density at radius 2 is 1.89 bits per heavy atom. The van der Waals surface area contributed by atoms with Gasteiger partial charge in [-0.3, -0.25) is 0 Å². The zero-order valence-corrected chi connectivity index (χ0v) is 12.5. The zero-order valence-electron chi connectivity index (χ0n) is 12.5. The molecule has 0 saturated heterocycles. The van der Waals surface area contributed by atoms with Crippen LogP contribution in [-0.2, 0) is 19.4 Å². The van der Waals surface area contributed by atoms with Crippen LogP contribution in [0.25, 0.3) is 0 Å². The van der Waals surface area contributed by atoms with Gasteiger partial charge in [-0.1, -0.05) is 41.0 Å². The summed E-state index contributed by atoms with van der Waals surface area (Å²) in [6.07, 6.45) is 3.05. The highest BCUT2D eigenvalue weighted by Crippen LogP contribution is 2.11. The molecule has 1 heterocycles. The summed E-state index contributed by atoms with van der Waals surface area (Å²) < 4.78 is 2.10. The van der Waals surface area contributed by atoms with E-state index in [1.54, 1.807) is 0 Å². The van der Waals surface area contributed by atoms with Crippen molar-refractivity contribution in [2.75, 3.05) is 6.54 Å². The highest BCUT2D eigenvalue weighted by atomic mass is 15.4. The van der Waals surface area contributed by atoms with E-state index in [0.29, 0.717) is 12.0 Å². The highest BCUT2D eigenvalue weighted by molar-refractivity contribution is 4.93. The molecule has 1 aromatic rings. The first kappa shape index (κ1) is 15.2. The number of likely N-dealkylation sites (N-methyl/N-ethyl adjacent to an activating group) is 1. The summed E-state index contributed by atoms with van der Waals surface area (Å²) >= 11 is 0. The molecule has 0 aliphatic rings. The normalized spacial score (nSPS) is 14.7. The van der Waals surface area contributed by atoms with Crippen molar-refractivity contribution in [2.24, 2.45) is 5.92 Å². The van der Waals surface area contributed by atoms with Gasteiger partial charge in [-0.25, -0.2) is 9.67 Å². The van der Waals surface area contributed by atoms with E-state index in [2.05, 4.69) is 54.7 Å². The number of hydrogen-bond donors (Lipinski definition) is 1. The molecule has 2 unspecified atom stereocenters. The molecule has 0 radical (unpaired) electrons. The maximum atomic E-state index is 4.60. The van der Waals surface area contributed by atoms with Crippen LogP contribution in [0.4, 0.5) is 0 Å². The summed E-state index contributed by atoms with van der Waals surface area (Å²) in [6.45, 7) is 12.9. The fourth-order valence-electron chi connectivity index (χ4n) is 2.16. The molecular weight excluding hydrogens is 224 g/mol. The SMILES string of the molecule is CCNC(Cn1nc(CC)nc1CC)C(C)CC. The van der Waals surface area contributed by atoms with Crippen LogP contribution in [0.1, 0.15) is 52.7 Å². The van der Waals surface area contributed by atoms with Crippen molar-refractivity contribution in [3.8, 4) is 0 Å². The average molecular weight is 252 g/mol. The molecule has 0 saturated carbocycles. The molecule has 18 heavy (non-hydrogen) atoms. The fraction of sp³-hybridized carbons (Fsp3) is 0.857. The molecule has 0 fully saturated rings. The Labute approximate surface area is 111 Å². The lowest BCUT2D eigenvalue weighted by molar-refractivity contribution is 0.319. The number of hydrogen-bond acceptors (Lipinski definition) is 3. The van der Waals surface area contributed by atoms with Gasteiger partial charge >= 0.3 is 0 Å². The van der Waals surface area contributed by atoms with E-state index < -0.39 is 0 Å². The van der Waals surface area contributed by atoms with Crippen LogP contribution in [-0.4, -0.2) is 27.4 Å². The average Bonchev–Trinajstić information content (AvgIpc) is 2.79. The number of nitrogens with zero attached hydrogens (tertiary/aromatic N) is 3. The molecule has 2 atom stereocenters. The molecule has 1 N–H and O–H groups in total. The van der Waals surface area contributed by atoms with E-state index >= 15 is 0 Å². The summed E-state index contributed by atoms with van der Waals surface area (Å²) in [4.78, 5) is 4.57. The van der Waals surface area contributed by atoms with Gasteiger partial charge in [0.25, 0.3) is 0 Å². The second-order valence-corrected chi connectivity index (χ2v) is 4.88. The summed E-state index contributed by atoms with van der Waals surface area (Å²) in [5.41, 5.74) is 0. The molecule has 0 spiro atoms. The highest BCUT2D eigenvalue weighted by Gasteiger charge is 2.18. The van der Waals surface area contributed by atoms with Crippen LogP contribution in [0, 0.1) is 5.92 Å². The minimum atomic E-state index is 0.483. The molecule has 4 heteroatoms. The molecule has 0 aromatic carbocycles. The lowest BCUT2D eigenvalue weighted by Crippen LogP contribution is -2.39. The van der Waals surface area contributed by atoms with Crippen molar-refractivity contribution in [1.29, 1.82) is 0 Å². The van der Waals surface area contributed by atoms with Crippen LogP contribution in [0.5, 0.6) is 0 Å². The third-order valence-corrected chi connectivity index (χ3v) is 3.59. The van der Waals surface area contributed by atoms with Gasteiger partial charge in [0.1, 0.15) is 5.82 Å². The molecule has 0 aliphatic heterocycles. The zero-order chi connectivity index (χ0) is 13.5. The van der Waals surface area contributed by atoms with Crippen molar-refractivity contribution in [2.45, 2.75) is 66.5 Å². The predicted molar refractivity (Wildman–Crippen MR) is 75.7 cm³/mol. The van der Waals surface area contributed by atoms with Gasteiger partial charge < -0.3 is 5.32 Å². The van der Waals surface area contributed by atoms with Crippen molar-refractivity contribution in [3.63, 3.8) is 0 Å². The molecule has 104 valence electrons. The smallest absolute Gasteiger partial charge is 0.150 e. The third kappa shape index (κ3) is 3.80. The first-order chi connectivity index (χ1) is 8.65. The lowest BCUT2D eigenvalue weighted by atomic mass is 9.99. The minimum absolute atomic E-state index is 0.483. The predicted octanol–water partition coefficient (Wildman–Crippen LogP) is 2.43. The molecule has 1 rings (SSSR count). The fourth-order valence-corrected chi connectivity index (χ4v) is 2.16. The number of rotatable bonds is 8. The molecule has 0 bridgehead atoms. The summed E-state index contributed by atoms with van der Waals surface area (Å²) in [7, 11) is 0. The van der Waals surface area contributed by atoms with Gasteiger partial charge in [-0.05, 0) is 12.5 Å². The quantitative estimate of drug-likeness (QED) is 0.772. The first-order valence-corrected chi connectivity index (χ1v) is 7.32. The number of nitrogens with one attached hydrogen (secondary N) is 1. The number of aryl methyl sites for hydroxylation is 2. The third-order valence-electron chi connectivity index (χ3n) is 3.59. The van der Waals surface area contributed by atoms with Crippen LogP contribution in [0.15, 0.2) is 0 Å². The van der Waals surface area contributed by atoms with Crippen LogP contribution in [0.2, 0.25) is 0 Å². The molecule has 0 aliphatic carbocycles. The minimum Gasteiger partial charge on any atom is -0.312 e. The molecule has 0 amide bonds. The molecule has 1 aromatic heterocycles. The Hall–Kier alpha value is -0.900. The Kier molecular flexibility index (Phi) is 6.33. The Morgan fingerprint density at radius 1 is 1.17 bits per heavy atom. The van der Waals surface area contributed by atoms with Crippen LogP contribution < -0.4 is 5.32 Å². The van der Waals surface area contributed by atoms with Gasteiger partial charge in [0, 0.05) is 18.9 Å². The lowest BCUT2D eigenvalue weighted by Gasteiger charge is -2.24. The molecule has 4 nitrogen and oxygen atoms in total. The van der Waals surface area contributed by atoms with E-state index in [1.807, 2.05) is 0 Å². The van der Waals surface area contributed by atoms with E-state index in [-0.39, 0.29) is 0 Å². The Morgan fingerprint density at radius 3 is 2.39 bits per heavy atom. The van der Waals surface area contributed by atoms with Gasteiger partial charge in [-0.2, -0.15) is 5.10 Å². The van der Waals surface area contributed by atoms with Crippen molar-refractivity contribution in [3.05, 3.63) is 11.6 Å². The molecular formula is C14H28N4. The van der Waals surface area contributed by atoms with Gasteiger partial charge in [-0.15, -0.1) is 0 Å². The van der Waals surface area contributed by atoms with Crippen molar-refractivity contribution in [1.82, 2.24) is 20.1 Å². The largest absolute Gasteiger partial charge is 0.312 e. The topological polar surface area (TPSA) is 42.7 Å². The van der Waals surface area contributed by atoms with Crippen molar-refractivity contribution >= 4 is 0 Å². The monoisotopic (exact) mass is 252 g/mol. The second-order valence-electron chi connectivity index (χ2n) is 4.88. The van der Waals surface area contributed by atoms with E-state index in [4.69, 9.17) is 0 Å². The van der Waals surface area contributed by atoms with E-state index in [9.17, 15) is 0 Å². The van der Waals surface area contributed by atoms with Gasteiger partial charge in [0.15, 0.2) is 5.82 Å². The number of aromatic nitrogens is 3. The van der Waals surface area contributed by atoms with Gasteiger partial charge in [0.2, 0.25) is 0 Å². The van der Waals surface area contributed by atoms with Crippen LogP contribution in [0.3, 0.4) is 0 Å². The second kappa shape index (κ2) is 7.52. The Balaban J connectivity index is 2.81. The first-order valence-electron chi connectivity index (χ1n) is 7.32. The van der Waals surface area contributed by atoms with Crippen molar-refractivity contribution < 1.29 is 0 Å². The summed E-state index contributed by atoms with van der Waals surface area (Å²) in [5.74, 6) is 2.73. The van der Waals surface area contributed by atoms with E-state index in [1.165, 1.54) is 6.42 Å². The maximum Gasteiger partial charge on any atom is 0.150 e. The summed E-state index contributed by atoms with van der Waals surface area (Å²) in [5, 5.41) is 8.18.